The van der Waals surface area contributed by atoms with Gasteiger partial charge in [-0.2, -0.15) is 0 Å². The van der Waals surface area contributed by atoms with Crippen LogP contribution >= 0.6 is 0 Å². The standard InChI is InChI=1S/C10H21N3O2/c1-3-5-10(14)15-13-7-6-12(4-2)9(11)8-13/h9H,3-8,11H2,1-2H3. The summed E-state index contributed by atoms with van der Waals surface area (Å²) in [6.07, 6.45) is 1.27. The van der Waals surface area contributed by atoms with Crippen LogP contribution in [0.15, 0.2) is 0 Å². The summed E-state index contributed by atoms with van der Waals surface area (Å²) in [6, 6.07) is 0. The smallest absolute Gasteiger partial charge is 0.325 e. The van der Waals surface area contributed by atoms with Crippen molar-refractivity contribution in [2.45, 2.75) is 32.9 Å². The van der Waals surface area contributed by atoms with E-state index in [9.17, 15) is 4.79 Å². The van der Waals surface area contributed by atoms with Crippen LogP contribution in [0.5, 0.6) is 0 Å². The van der Waals surface area contributed by atoms with Crippen molar-refractivity contribution >= 4 is 5.97 Å². The van der Waals surface area contributed by atoms with Crippen LogP contribution in [0.3, 0.4) is 0 Å². The number of hydroxylamine groups is 2. The first-order chi connectivity index (χ1) is 7.17. The molecule has 2 N–H and O–H groups in total. The highest BCUT2D eigenvalue weighted by Gasteiger charge is 2.24. The molecular weight excluding hydrogens is 194 g/mol. The van der Waals surface area contributed by atoms with Gasteiger partial charge in [0.1, 0.15) is 0 Å². The molecule has 1 unspecified atom stereocenters. The Morgan fingerprint density at radius 1 is 1.47 bits per heavy atom. The van der Waals surface area contributed by atoms with Crippen LogP contribution in [0.4, 0.5) is 0 Å². The second-order valence-electron chi connectivity index (χ2n) is 3.80. The van der Waals surface area contributed by atoms with E-state index >= 15 is 0 Å². The highest BCUT2D eigenvalue weighted by Crippen LogP contribution is 2.07. The molecule has 1 rings (SSSR count). The number of nitrogens with zero attached hydrogens (tertiary/aromatic N) is 2. The summed E-state index contributed by atoms with van der Waals surface area (Å²) < 4.78 is 0. The van der Waals surface area contributed by atoms with Crippen molar-refractivity contribution in [1.29, 1.82) is 0 Å². The molecule has 0 saturated carbocycles. The first kappa shape index (κ1) is 12.4. The summed E-state index contributed by atoms with van der Waals surface area (Å²) in [5, 5.41) is 1.68. The monoisotopic (exact) mass is 215 g/mol. The quantitative estimate of drug-likeness (QED) is 0.724. The van der Waals surface area contributed by atoms with Crippen molar-refractivity contribution in [1.82, 2.24) is 9.96 Å². The Labute approximate surface area is 91.1 Å². The van der Waals surface area contributed by atoms with Crippen LogP contribution in [0, 0.1) is 0 Å². The third-order valence-corrected chi connectivity index (χ3v) is 2.59. The van der Waals surface area contributed by atoms with Crippen LogP contribution in [-0.2, 0) is 9.63 Å². The van der Waals surface area contributed by atoms with Gasteiger partial charge in [0.05, 0.1) is 12.7 Å². The van der Waals surface area contributed by atoms with Crippen molar-refractivity contribution in [2.24, 2.45) is 5.73 Å². The van der Waals surface area contributed by atoms with Gasteiger partial charge in [-0.15, -0.1) is 5.06 Å². The topological polar surface area (TPSA) is 58.8 Å². The number of carbonyl (C=O) groups excluding carboxylic acids is 1. The number of likely N-dealkylation sites (N-methyl/N-ethyl adjacent to an activating group) is 1. The summed E-state index contributed by atoms with van der Waals surface area (Å²) >= 11 is 0. The average molecular weight is 215 g/mol. The van der Waals surface area contributed by atoms with Gasteiger partial charge < -0.3 is 10.6 Å². The third kappa shape index (κ3) is 3.77. The summed E-state index contributed by atoms with van der Waals surface area (Å²) in [5.41, 5.74) is 5.92. The first-order valence-corrected chi connectivity index (χ1v) is 5.62. The molecular formula is C10H21N3O2. The van der Waals surface area contributed by atoms with E-state index in [2.05, 4.69) is 11.8 Å². The van der Waals surface area contributed by atoms with Crippen molar-refractivity contribution in [2.75, 3.05) is 26.2 Å². The minimum atomic E-state index is -0.158. The van der Waals surface area contributed by atoms with E-state index in [1.807, 2.05) is 6.92 Å². The lowest BCUT2D eigenvalue weighted by molar-refractivity contribution is -0.202. The van der Waals surface area contributed by atoms with Crippen molar-refractivity contribution in [3.8, 4) is 0 Å². The van der Waals surface area contributed by atoms with Crippen molar-refractivity contribution in [3.63, 3.8) is 0 Å². The molecule has 0 radical (unpaired) electrons. The maximum atomic E-state index is 11.3. The molecule has 0 aliphatic carbocycles. The molecule has 0 bridgehead atoms. The number of rotatable bonds is 4. The molecule has 0 aromatic carbocycles. The zero-order valence-electron chi connectivity index (χ0n) is 9.61. The largest absolute Gasteiger partial charge is 0.368 e. The fourth-order valence-corrected chi connectivity index (χ4v) is 1.69. The minimum Gasteiger partial charge on any atom is -0.368 e. The molecule has 1 aliphatic rings. The van der Waals surface area contributed by atoms with Gasteiger partial charge >= 0.3 is 5.97 Å². The molecule has 0 spiro atoms. The van der Waals surface area contributed by atoms with Crippen LogP contribution in [-0.4, -0.2) is 48.3 Å². The lowest BCUT2D eigenvalue weighted by Crippen LogP contribution is -2.57. The predicted molar refractivity (Wildman–Crippen MR) is 57.8 cm³/mol. The van der Waals surface area contributed by atoms with E-state index in [0.29, 0.717) is 13.0 Å². The zero-order chi connectivity index (χ0) is 11.3. The average Bonchev–Trinajstić information content (AvgIpc) is 2.18. The fourth-order valence-electron chi connectivity index (χ4n) is 1.69. The van der Waals surface area contributed by atoms with Gasteiger partial charge in [-0.3, -0.25) is 9.69 Å². The Morgan fingerprint density at radius 2 is 2.20 bits per heavy atom. The molecule has 0 amide bonds. The Hall–Kier alpha value is -0.650. The van der Waals surface area contributed by atoms with E-state index < -0.39 is 0 Å². The molecule has 15 heavy (non-hydrogen) atoms. The van der Waals surface area contributed by atoms with E-state index in [0.717, 1.165) is 26.1 Å². The molecule has 1 fully saturated rings. The molecule has 0 aromatic heterocycles. The maximum absolute atomic E-state index is 11.3. The third-order valence-electron chi connectivity index (χ3n) is 2.59. The van der Waals surface area contributed by atoms with E-state index in [1.165, 1.54) is 0 Å². The molecule has 0 aromatic rings. The van der Waals surface area contributed by atoms with Gasteiger partial charge in [-0.1, -0.05) is 13.8 Å². The fraction of sp³-hybridized carbons (Fsp3) is 0.900. The van der Waals surface area contributed by atoms with Gasteiger partial charge in [0.2, 0.25) is 0 Å². The maximum Gasteiger partial charge on any atom is 0.325 e. The Morgan fingerprint density at radius 3 is 2.73 bits per heavy atom. The molecule has 1 saturated heterocycles. The lowest BCUT2D eigenvalue weighted by Gasteiger charge is -2.37. The summed E-state index contributed by atoms with van der Waals surface area (Å²) in [7, 11) is 0. The normalized spacial score (nSPS) is 24.1. The number of hydrogen-bond acceptors (Lipinski definition) is 5. The second-order valence-corrected chi connectivity index (χ2v) is 3.80. The molecule has 5 heteroatoms. The van der Waals surface area contributed by atoms with E-state index in [4.69, 9.17) is 10.6 Å². The van der Waals surface area contributed by atoms with Gasteiger partial charge in [0.25, 0.3) is 0 Å². The van der Waals surface area contributed by atoms with Crippen LogP contribution in [0.25, 0.3) is 0 Å². The van der Waals surface area contributed by atoms with Crippen molar-refractivity contribution < 1.29 is 9.63 Å². The summed E-state index contributed by atoms with van der Waals surface area (Å²) in [6.45, 7) is 7.19. The first-order valence-electron chi connectivity index (χ1n) is 5.62. The molecule has 1 atom stereocenters. The highest BCUT2D eigenvalue weighted by molar-refractivity contribution is 5.68. The number of piperazine rings is 1. The molecule has 5 nitrogen and oxygen atoms in total. The Kier molecular flexibility index (Phi) is 5.01. The number of nitrogens with two attached hydrogens (primary N) is 1. The Balaban J connectivity index is 2.31. The summed E-state index contributed by atoms with van der Waals surface area (Å²) in [4.78, 5) is 18.6. The van der Waals surface area contributed by atoms with Crippen LogP contribution in [0.2, 0.25) is 0 Å². The van der Waals surface area contributed by atoms with E-state index in [1.54, 1.807) is 5.06 Å². The summed E-state index contributed by atoms with van der Waals surface area (Å²) in [5.74, 6) is -0.158. The predicted octanol–water partition coefficient (Wildman–Crippen LogP) is 0.167. The van der Waals surface area contributed by atoms with Gasteiger partial charge in [-0.25, -0.2) is 0 Å². The lowest BCUT2D eigenvalue weighted by atomic mass is 10.3. The number of carbonyl (C=O) groups is 1. The van der Waals surface area contributed by atoms with Gasteiger partial charge in [-0.05, 0) is 13.0 Å². The zero-order valence-corrected chi connectivity index (χ0v) is 9.61. The van der Waals surface area contributed by atoms with Gasteiger partial charge in [0, 0.05) is 19.5 Å². The van der Waals surface area contributed by atoms with Gasteiger partial charge in [0.15, 0.2) is 0 Å². The molecule has 1 heterocycles. The Bertz CT molecular complexity index is 211. The second kappa shape index (κ2) is 6.05. The van der Waals surface area contributed by atoms with E-state index in [-0.39, 0.29) is 12.1 Å². The van der Waals surface area contributed by atoms with Crippen LogP contribution < -0.4 is 5.73 Å². The molecule has 88 valence electrons. The minimum absolute atomic E-state index is 0.0295. The molecule has 1 aliphatic heterocycles. The highest BCUT2D eigenvalue weighted by atomic mass is 16.7. The SMILES string of the molecule is CCCC(=O)ON1CCN(CC)C(N)C1. The van der Waals surface area contributed by atoms with Crippen molar-refractivity contribution in [3.05, 3.63) is 0 Å². The number of hydrogen-bond donors (Lipinski definition) is 1. The van der Waals surface area contributed by atoms with Crippen LogP contribution in [0.1, 0.15) is 26.7 Å².